The predicted octanol–water partition coefficient (Wildman–Crippen LogP) is 10.2. The zero-order valence-electron chi connectivity index (χ0n) is 42.1. The molecule has 0 bridgehead atoms. The van der Waals surface area contributed by atoms with Gasteiger partial charge in [-0.05, 0) is 135 Å². The molecule has 4 aliphatic rings. The summed E-state index contributed by atoms with van der Waals surface area (Å²) in [5, 5.41) is 26.5. The van der Waals surface area contributed by atoms with Crippen LogP contribution in [0.2, 0.25) is 0 Å². The molecule has 2 saturated heterocycles. The van der Waals surface area contributed by atoms with Gasteiger partial charge in [0.05, 0.1) is 27.2 Å². The van der Waals surface area contributed by atoms with Crippen molar-refractivity contribution in [1.82, 2.24) is 24.5 Å². The second-order valence-corrected chi connectivity index (χ2v) is 23.4. The molecule has 1 amide bonds. The summed E-state index contributed by atoms with van der Waals surface area (Å²) in [5.74, 6) is 0.208. The lowest BCUT2D eigenvalue weighted by Gasteiger charge is -2.58. The van der Waals surface area contributed by atoms with Gasteiger partial charge >= 0.3 is 0 Å². The molecule has 1 atom stereocenters. The normalized spacial score (nSPS) is 21.8. The van der Waals surface area contributed by atoms with E-state index in [0.29, 0.717) is 48.8 Å². The molecular formula is C57H68N8O7S. The van der Waals surface area contributed by atoms with Gasteiger partial charge in [-0.25, -0.2) is 18.1 Å². The van der Waals surface area contributed by atoms with Gasteiger partial charge in [-0.15, -0.1) is 0 Å². The van der Waals surface area contributed by atoms with Gasteiger partial charge in [0.2, 0.25) is 0 Å². The van der Waals surface area contributed by atoms with Crippen LogP contribution in [-0.4, -0.2) is 102 Å². The molecule has 4 N–H and O–H groups in total. The number of anilines is 2. The summed E-state index contributed by atoms with van der Waals surface area (Å²) >= 11 is 0. The number of nitrogens with zero attached hydrogens (tertiary/aromatic N) is 5. The Hall–Kier alpha value is -6.33. The number of aliphatic hydroxyl groups is 1. The maximum Gasteiger partial charge on any atom is 0.293 e. The number of fused-ring (bicyclic) bond motifs is 1. The second-order valence-electron chi connectivity index (χ2n) is 21.7. The van der Waals surface area contributed by atoms with Crippen LogP contribution in [0.15, 0.2) is 120 Å². The Morgan fingerprint density at radius 3 is 2.44 bits per heavy atom. The number of carbonyl (C=O) groups is 1. The van der Waals surface area contributed by atoms with Crippen LogP contribution in [0.3, 0.4) is 0 Å². The lowest BCUT2D eigenvalue weighted by atomic mass is 9.59. The fourth-order valence-corrected chi connectivity index (χ4v) is 12.9. The Morgan fingerprint density at radius 1 is 0.932 bits per heavy atom. The molecule has 1 spiro atoms. The smallest absolute Gasteiger partial charge is 0.293 e. The van der Waals surface area contributed by atoms with Crippen molar-refractivity contribution >= 4 is 44.0 Å². The van der Waals surface area contributed by atoms with Gasteiger partial charge in [0, 0.05) is 87.3 Å². The molecule has 15 nitrogen and oxygen atoms in total. The Morgan fingerprint density at radius 2 is 1.68 bits per heavy atom. The number of amides is 1. The number of aromatic nitrogens is 2. The molecule has 6 aromatic rings. The van der Waals surface area contributed by atoms with Gasteiger partial charge in [-0.3, -0.25) is 24.7 Å². The zero-order valence-corrected chi connectivity index (χ0v) is 43.0. The van der Waals surface area contributed by atoms with Crippen molar-refractivity contribution in [2.24, 2.45) is 11.3 Å². The highest BCUT2D eigenvalue weighted by atomic mass is 32.2. The highest BCUT2D eigenvalue weighted by Crippen LogP contribution is 2.53. The fourth-order valence-electron chi connectivity index (χ4n) is 11.9. The minimum Gasteiger partial charge on any atom is -0.455 e. The van der Waals surface area contributed by atoms with E-state index in [1.807, 2.05) is 19.1 Å². The van der Waals surface area contributed by atoms with Gasteiger partial charge < -0.3 is 25.0 Å². The van der Waals surface area contributed by atoms with Crippen LogP contribution in [0.25, 0.3) is 11.0 Å². The number of hydrogen-bond donors (Lipinski definition) is 4. The summed E-state index contributed by atoms with van der Waals surface area (Å²) in [5.41, 5.74) is 5.06. The summed E-state index contributed by atoms with van der Waals surface area (Å²) in [7, 11) is -4.58. The molecule has 4 aromatic carbocycles. The number of nitro groups is 1. The first kappa shape index (κ1) is 50.2. The number of H-pyrrole nitrogens is 1. The minimum absolute atomic E-state index is 0.0233. The van der Waals surface area contributed by atoms with E-state index >= 15 is 0 Å². The van der Waals surface area contributed by atoms with E-state index in [1.54, 1.807) is 30.6 Å². The number of pyridine rings is 1. The standard InChI is InChI=1S/C57H68N8O7S/c1-39(2)47-11-7-8-12-48(47)52-38-62(26-20-40-9-5-4-6-10-40)29-30-64(52)44-34-57(35-44)23-27-63(28-24-57)43-13-15-49(53(32-43)72-45-31-42-19-25-58-54(42)60-37-45)55(66)61-73(70,71)46-14-16-50(51(33-46)65(68)69)59-36-41-17-21-56(3,67)22-18-41/h4-16,19,25,31-33,37,39,41,44,52,59,67H,17-18,20-24,26-30,34-36,38H2,1-3H3,(H,58,60)(H,61,66). The Labute approximate surface area is 428 Å². The van der Waals surface area contributed by atoms with Gasteiger partial charge in [-0.2, -0.15) is 0 Å². The first-order valence-corrected chi connectivity index (χ1v) is 27.5. The number of piperazine rings is 1. The highest BCUT2D eigenvalue weighted by molar-refractivity contribution is 7.90. The summed E-state index contributed by atoms with van der Waals surface area (Å²) in [6.07, 6.45) is 11.6. The third-order valence-corrected chi connectivity index (χ3v) is 17.6. The minimum atomic E-state index is -4.58. The van der Waals surface area contributed by atoms with E-state index in [9.17, 15) is 28.4 Å². The average molecular weight is 1010 g/mol. The average Bonchev–Trinajstić information content (AvgIpc) is 3.85. The van der Waals surface area contributed by atoms with Crippen LogP contribution in [0.4, 0.5) is 17.1 Å². The molecule has 16 heteroatoms. The van der Waals surface area contributed by atoms with Crippen molar-refractivity contribution in [1.29, 1.82) is 0 Å². The number of piperidine rings is 1. The van der Waals surface area contributed by atoms with E-state index in [0.717, 1.165) is 101 Å². The van der Waals surface area contributed by atoms with Crippen LogP contribution < -0.4 is 19.7 Å². The van der Waals surface area contributed by atoms with Crippen LogP contribution in [0.5, 0.6) is 11.5 Å². The van der Waals surface area contributed by atoms with Gasteiger partial charge in [0.25, 0.3) is 21.6 Å². The number of carbonyl (C=O) groups excluding carboxylic acids is 1. The highest BCUT2D eigenvalue weighted by Gasteiger charge is 2.50. The number of sulfonamides is 1. The Balaban J connectivity index is 0.827. The van der Waals surface area contributed by atoms with Gasteiger partial charge in [-0.1, -0.05) is 68.4 Å². The first-order chi connectivity index (χ1) is 35.1. The van der Waals surface area contributed by atoms with Crippen LogP contribution in [0, 0.1) is 21.4 Å². The largest absolute Gasteiger partial charge is 0.455 e. The topological polar surface area (TPSA) is 186 Å². The summed E-state index contributed by atoms with van der Waals surface area (Å²) < 4.78 is 36.2. The molecule has 10 rings (SSSR count). The monoisotopic (exact) mass is 1010 g/mol. The number of aromatic amines is 1. The number of nitro benzene ring substituents is 1. The van der Waals surface area contributed by atoms with Crippen molar-refractivity contribution < 1.29 is 28.0 Å². The van der Waals surface area contributed by atoms with Crippen LogP contribution in [0.1, 0.15) is 111 Å². The third-order valence-electron chi connectivity index (χ3n) is 16.3. The summed E-state index contributed by atoms with van der Waals surface area (Å²) in [6.45, 7) is 12.7. The van der Waals surface area contributed by atoms with E-state index in [4.69, 9.17) is 4.74 Å². The summed E-state index contributed by atoms with van der Waals surface area (Å²) in [6, 6.07) is 33.1. The molecule has 73 heavy (non-hydrogen) atoms. The van der Waals surface area contributed by atoms with Crippen LogP contribution in [-0.2, 0) is 16.4 Å². The van der Waals surface area contributed by atoms with Crippen molar-refractivity contribution in [3.8, 4) is 11.5 Å². The number of nitrogens with one attached hydrogen (secondary N) is 3. The maximum absolute atomic E-state index is 14.1. The number of ether oxygens (including phenoxy) is 1. The number of hydrogen-bond acceptors (Lipinski definition) is 12. The predicted molar refractivity (Wildman–Crippen MR) is 285 cm³/mol. The quantitative estimate of drug-likeness (QED) is 0.0532. The van der Waals surface area contributed by atoms with E-state index in [1.165, 1.54) is 28.8 Å². The molecule has 2 aliphatic carbocycles. The van der Waals surface area contributed by atoms with Crippen molar-refractivity contribution in [3.05, 3.63) is 148 Å². The molecule has 2 saturated carbocycles. The van der Waals surface area contributed by atoms with Crippen molar-refractivity contribution in [3.63, 3.8) is 0 Å². The van der Waals surface area contributed by atoms with Gasteiger partial charge in [0.1, 0.15) is 22.8 Å². The number of rotatable bonds is 16. The SMILES string of the molecule is CC(C)c1ccccc1C1CN(CCc2ccccc2)CCN1C1CC2(CCN(c3ccc(C(=O)NS(=O)(=O)c4ccc(NCC5CCC(C)(O)CC5)c([N+](=O)[O-])c4)c(Oc4cnc5[nH]ccc5c4)c3)CC2)C1. The molecule has 0 radical (unpaired) electrons. The lowest BCUT2D eigenvalue weighted by molar-refractivity contribution is -0.384. The van der Waals surface area contributed by atoms with E-state index in [2.05, 4.69) is 103 Å². The molecule has 2 aromatic heterocycles. The first-order valence-electron chi connectivity index (χ1n) is 26.0. The molecule has 1 unspecified atom stereocenters. The fraction of sp³-hybridized carbons (Fsp3) is 0.439. The molecular weight excluding hydrogens is 941 g/mol. The second kappa shape index (κ2) is 20.9. The van der Waals surface area contributed by atoms with Gasteiger partial charge in [0.15, 0.2) is 0 Å². The number of benzene rings is 4. The van der Waals surface area contributed by atoms with E-state index < -0.39 is 37.0 Å². The Bertz CT molecular complexity index is 3050. The maximum atomic E-state index is 14.1. The van der Waals surface area contributed by atoms with E-state index in [-0.39, 0.29) is 28.3 Å². The zero-order chi connectivity index (χ0) is 50.9. The molecule has 4 fully saturated rings. The summed E-state index contributed by atoms with van der Waals surface area (Å²) in [4.78, 5) is 40.6. The Kier molecular flexibility index (Phi) is 14.4. The lowest BCUT2D eigenvalue weighted by Crippen LogP contribution is -2.60. The van der Waals surface area contributed by atoms with Crippen molar-refractivity contribution in [2.75, 3.05) is 56.0 Å². The van der Waals surface area contributed by atoms with Crippen molar-refractivity contribution in [2.45, 2.75) is 107 Å². The third kappa shape index (κ3) is 11.3. The molecule has 2 aliphatic heterocycles. The van der Waals surface area contributed by atoms with Crippen LogP contribution >= 0.6 is 0 Å². The molecule has 4 heterocycles. The molecule has 384 valence electrons.